The van der Waals surface area contributed by atoms with Crippen LogP contribution in [-0.4, -0.2) is 37.7 Å². The molecule has 4 atom stereocenters. The number of hydrogen-bond donors (Lipinski definition) is 2. The fourth-order valence-corrected chi connectivity index (χ4v) is 4.16. The standard InChI is InChI=1S/C15H26N2O2/c1-15(2)13(11-6-8-19-14(11)15)17-12(18)4-3-10-5-7-16-9-10/h10-11,13-14,16H,3-9H2,1-2H3,(H,17,18). The zero-order valence-corrected chi connectivity index (χ0v) is 12.1. The van der Waals surface area contributed by atoms with E-state index in [9.17, 15) is 4.79 Å². The third-order valence-electron chi connectivity index (χ3n) is 5.36. The normalized spacial score (nSPS) is 39.7. The SMILES string of the molecule is CC1(C)C(NC(=O)CCC2CCNC2)C2CCOC21. The lowest BCUT2D eigenvalue weighted by Crippen LogP contribution is -2.66. The van der Waals surface area contributed by atoms with Crippen molar-refractivity contribution in [1.29, 1.82) is 0 Å². The first-order valence-electron chi connectivity index (χ1n) is 7.70. The van der Waals surface area contributed by atoms with Crippen LogP contribution in [0.5, 0.6) is 0 Å². The highest BCUT2D eigenvalue weighted by molar-refractivity contribution is 5.76. The highest BCUT2D eigenvalue weighted by Gasteiger charge is 2.59. The summed E-state index contributed by atoms with van der Waals surface area (Å²) in [6, 6.07) is 0.314. The Labute approximate surface area is 115 Å². The number of fused-ring (bicyclic) bond motifs is 1. The molecule has 1 aliphatic carbocycles. The van der Waals surface area contributed by atoms with Crippen molar-refractivity contribution in [2.75, 3.05) is 19.7 Å². The summed E-state index contributed by atoms with van der Waals surface area (Å²) in [7, 11) is 0. The Kier molecular flexibility index (Phi) is 3.56. The van der Waals surface area contributed by atoms with E-state index in [1.54, 1.807) is 0 Å². The number of rotatable bonds is 4. The van der Waals surface area contributed by atoms with E-state index in [2.05, 4.69) is 24.5 Å². The molecule has 0 aromatic carbocycles. The Balaban J connectivity index is 1.46. The van der Waals surface area contributed by atoms with E-state index in [4.69, 9.17) is 4.74 Å². The zero-order chi connectivity index (χ0) is 13.5. The number of nitrogens with one attached hydrogen (secondary N) is 2. The molecule has 108 valence electrons. The lowest BCUT2D eigenvalue weighted by Gasteiger charge is -2.54. The summed E-state index contributed by atoms with van der Waals surface area (Å²) in [5.41, 5.74) is 0.103. The molecule has 3 fully saturated rings. The maximum atomic E-state index is 12.1. The van der Waals surface area contributed by atoms with Crippen LogP contribution in [-0.2, 0) is 9.53 Å². The second-order valence-electron chi connectivity index (χ2n) is 7.01. The first-order valence-corrected chi connectivity index (χ1v) is 7.70. The Hall–Kier alpha value is -0.610. The lowest BCUT2D eigenvalue weighted by atomic mass is 9.57. The number of carbonyl (C=O) groups is 1. The highest BCUT2D eigenvalue weighted by atomic mass is 16.5. The van der Waals surface area contributed by atoms with Gasteiger partial charge in [-0.25, -0.2) is 0 Å². The van der Waals surface area contributed by atoms with Gasteiger partial charge in [0.15, 0.2) is 0 Å². The molecule has 0 aromatic rings. The van der Waals surface area contributed by atoms with Crippen LogP contribution in [0.1, 0.15) is 39.5 Å². The lowest BCUT2D eigenvalue weighted by molar-refractivity contribution is -0.138. The van der Waals surface area contributed by atoms with E-state index in [0.29, 0.717) is 30.4 Å². The van der Waals surface area contributed by atoms with Crippen molar-refractivity contribution in [2.24, 2.45) is 17.3 Å². The van der Waals surface area contributed by atoms with E-state index in [1.165, 1.54) is 6.42 Å². The van der Waals surface area contributed by atoms with Crippen molar-refractivity contribution in [1.82, 2.24) is 10.6 Å². The van der Waals surface area contributed by atoms with Gasteiger partial charge in [0.1, 0.15) is 0 Å². The van der Waals surface area contributed by atoms with E-state index in [0.717, 1.165) is 32.5 Å². The maximum Gasteiger partial charge on any atom is 0.220 e. The molecule has 2 aliphatic heterocycles. The van der Waals surface area contributed by atoms with Crippen LogP contribution in [0.25, 0.3) is 0 Å². The molecule has 3 rings (SSSR count). The summed E-state index contributed by atoms with van der Waals surface area (Å²) < 4.78 is 5.76. The van der Waals surface area contributed by atoms with E-state index >= 15 is 0 Å². The van der Waals surface area contributed by atoms with Gasteiger partial charge < -0.3 is 15.4 Å². The zero-order valence-electron chi connectivity index (χ0n) is 12.1. The average Bonchev–Trinajstić information content (AvgIpc) is 3.03. The predicted octanol–water partition coefficient (Wildman–Crippen LogP) is 1.31. The molecule has 0 aromatic heterocycles. The highest BCUT2D eigenvalue weighted by Crippen LogP contribution is 2.52. The predicted molar refractivity (Wildman–Crippen MR) is 73.8 cm³/mol. The number of amides is 1. The van der Waals surface area contributed by atoms with Crippen molar-refractivity contribution in [3.05, 3.63) is 0 Å². The molecule has 0 spiro atoms. The molecule has 2 saturated heterocycles. The summed E-state index contributed by atoms with van der Waals surface area (Å²) in [6.45, 7) is 7.49. The van der Waals surface area contributed by atoms with Gasteiger partial charge in [0.25, 0.3) is 0 Å². The third-order valence-corrected chi connectivity index (χ3v) is 5.36. The van der Waals surface area contributed by atoms with Crippen LogP contribution < -0.4 is 10.6 Å². The average molecular weight is 266 g/mol. The van der Waals surface area contributed by atoms with Gasteiger partial charge in [-0.2, -0.15) is 0 Å². The first kappa shape index (κ1) is 13.4. The van der Waals surface area contributed by atoms with Crippen LogP contribution in [0.2, 0.25) is 0 Å². The minimum atomic E-state index is 0.103. The Morgan fingerprint density at radius 3 is 3.00 bits per heavy atom. The smallest absolute Gasteiger partial charge is 0.220 e. The Morgan fingerprint density at radius 1 is 1.42 bits per heavy atom. The molecule has 0 radical (unpaired) electrons. The molecular formula is C15H26N2O2. The molecule has 2 N–H and O–H groups in total. The van der Waals surface area contributed by atoms with Gasteiger partial charge in [-0.05, 0) is 38.3 Å². The summed E-state index contributed by atoms with van der Waals surface area (Å²) in [6.07, 6.45) is 4.39. The Morgan fingerprint density at radius 2 is 2.26 bits per heavy atom. The molecule has 4 heteroatoms. The topological polar surface area (TPSA) is 50.4 Å². The molecule has 2 heterocycles. The largest absolute Gasteiger partial charge is 0.377 e. The van der Waals surface area contributed by atoms with Gasteiger partial charge in [-0.3, -0.25) is 4.79 Å². The molecule has 19 heavy (non-hydrogen) atoms. The second kappa shape index (κ2) is 5.06. The molecule has 4 unspecified atom stereocenters. The molecular weight excluding hydrogens is 240 g/mol. The van der Waals surface area contributed by atoms with Gasteiger partial charge in [-0.15, -0.1) is 0 Å². The minimum absolute atomic E-state index is 0.103. The molecule has 4 nitrogen and oxygen atoms in total. The van der Waals surface area contributed by atoms with Crippen LogP contribution >= 0.6 is 0 Å². The van der Waals surface area contributed by atoms with E-state index in [1.807, 2.05) is 0 Å². The number of carbonyl (C=O) groups excluding carboxylic acids is 1. The van der Waals surface area contributed by atoms with Crippen LogP contribution in [0, 0.1) is 17.3 Å². The summed E-state index contributed by atoms with van der Waals surface area (Å²) in [5, 5.41) is 6.62. The maximum absolute atomic E-state index is 12.1. The summed E-state index contributed by atoms with van der Waals surface area (Å²) in [5.74, 6) is 1.48. The first-order chi connectivity index (χ1) is 9.09. The van der Waals surface area contributed by atoms with Crippen molar-refractivity contribution >= 4 is 5.91 Å². The minimum Gasteiger partial charge on any atom is -0.377 e. The van der Waals surface area contributed by atoms with Gasteiger partial charge >= 0.3 is 0 Å². The molecule has 1 saturated carbocycles. The van der Waals surface area contributed by atoms with Gasteiger partial charge in [0.05, 0.1) is 6.10 Å². The van der Waals surface area contributed by atoms with Gasteiger partial charge in [0.2, 0.25) is 5.91 Å². The Bertz CT molecular complexity index is 350. The van der Waals surface area contributed by atoms with Gasteiger partial charge in [0, 0.05) is 30.4 Å². The fourth-order valence-electron chi connectivity index (χ4n) is 4.16. The van der Waals surface area contributed by atoms with Crippen molar-refractivity contribution < 1.29 is 9.53 Å². The van der Waals surface area contributed by atoms with Gasteiger partial charge in [-0.1, -0.05) is 13.8 Å². The van der Waals surface area contributed by atoms with Crippen LogP contribution in [0.15, 0.2) is 0 Å². The van der Waals surface area contributed by atoms with E-state index < -0.39 is 0 Å². The number of ether oxygens (including phenoxy) is 1. The summed E-state index contributed by atoms with van der Waals surface area (Å²) >= 11 is 0. The van der Waals surface area contributed by atoms with Crippen molar-refractivity contribution in [3.8, 4) is 0 Å². The van der Waals surface area contributed by atoms with Crippen molar-refractivity contribution in [2.45, 2.75) is 51.7 Å². The van der Waals surface area contributed by atoms with Crippen LogP contribution in [0.3, 0.4) is 0 Å². The molecule has 1 amide bonds. The number of hydrogen-bond acceptors (Lipinski definition) is 3. The second-order valence-corrected chi connectivity index (χ2v) is 7.01. The molecule has 0 bridgehead atoms. The molecule has 3 aliphatic rings. The van der Waals surface area contributed by atoms with E-state index in [-0.39, 0.29) is 11.3 Å². The quantitative estimate of drug-likeness (QED) is 0.806. The van der Waals surface area contributed by atoms with Crippen LogP contribution in [0.4, 0.5) is 0 Å². The third kappa shape index (κ3) is 2.40. The van der Waals surface area contributed by atoms with Crippen molar-refractivity contribution in [3.63, 3.8) is 0 Å². The monoisotopic (exact) mass is 266 g/mol. The fraction of sp³-hybridized carbons (Fsp3) is 0.933. The summed E-state index contributed by atoms with van der Waals surface area (Å²) in [4.78, 5) is 12.1.